The zero-order chi connectivity index (χ0) is 20.8. The Bertz CT molecular complexity index is 1290. The van der Waals surface area contributed by atoms with Crippen molar-refractivity contribution in [3.05, 3.63) is 71.6 Å². The zero-order valence-electron chi connectivity index (χ0n) is 17.0. The number of carbonyl (C=O) groups excluding carboxylic acids is 1. The second-order valence-electron chi connectivity index (χ2n) is 7.84. The van der Waals surface area contributed by atoms with Gasteiger partial charge in [0.05, 0.1) is 30.8 Å². The molecule has 0 spiro atoms. The Morgan fingerprint density at radius 3 is 2.74 bits per heavy atom. The van der Waals surface area contributed by atoms with Gasteiger partial charge in [-0.3, -0.25) is 9.69 Å². The van der Waals surface area contributed by atoms with Crippen molar-refractivity contribution in [2.75, 3.05) is 36.1 Å². The smallest absolute Gasteiger partial charge is 0.237 e. The number of benzene rings is 2. The van der Waals surface area contributed by atoms with E-state index in [1.165, 1.54) is 16.1 Å². The standard InChI is InChI=1S/C25H21N3O2S/c29-25-14-17-4-1-2-7-22(17)28(25)24-9-8-19-20(5-3-6-21(19)26-24)23-15-18(16-31-23)27-10-12-30-13-11-27/h1-9,15-16H,10-14H2. The molecule has 0 N–H and O–H groups in total. The number of fused-ring (bicyclic) bond motifs is 2. The Morgan fingerprint density at radius 2 is 1.84 bits per heavy atom. The molecule has 4 heterocycles. The highest BCUT2D eigenvalue weighted by molar-refractivity contribution is 7.14. The van der Waals surface area contributed by atoms with Crippen molar-refractivity contribution in [1.29, 1.82) is 0 Å². The maximum absolute atomic E-state index is 12.7. The van der Waals surface area contributed by atoms with Crippen LogP contribution in [0.2, 0.25) is 0 Å². The average Bonchev–Trinajstić information content (AvgIpc) is 3.43. The second-order valence-corrected chi connectivity index (χ2v) is 8.76. The Labute approximate surface area is 184 Å². The van der Waals surface area contributed by atoms with E-state index in [4.69, 9.17) is 9.72 Å². The van der Waals surface area contributed by atoms with Gasteiger partial charge >= 0.3 is 0 Å². The van der Waals surface area contributed by atoms with Crippen molar-refractivity contribution >= 4 is 45.3 Å². The fourth-order valence-corrected chi connectivity index (χ4v) is 5.40. The van der Waals surface area contributed by atoms with Crippen molar-refractivity contribution in [1.82, 2.24) is 4.98 Å². The lowest BCUT2D eigenvalue weighted by atomic mass is 10.1. The lowest BCUT2D eigenvalue weighted by Crippen LogP contribution is -2.35. The molecule has 6 rings (SSSR count). The molecule has 154 valence electrons. The van der Waals surface area contributed by atoms with Gasteiger partial charge in [0.1, 0.15) is 5.82 Å². The Morgan fingerprint density at radius 1 is 0.968 bits per heavy atom. The van der Waals surface area contributed by atoms with Crippen molar-refractivity contribution in [3.8, 4) is 10.4 Å². The van der Waals surface area contributed by atoms with E-state index in [0.29, 0.717) is 12.2 Å². The van der Waals surface area contributed by atoms with E-state index in [2.05, 4.69) is 28.5 Å². The number of aromatic nitrogens is 1. The number of para-hydroxylation sites is 1. The fourth-order valence-electron chi connectivity index (χ4n) is 4.44. The molecule has 1 saturated heterocycles. The molecule has 0 atom stereocenters. The molecule has 31 heavy (non-hydrogen) atoms. The quantitative estimate of drug-likeness (QED) is 0.461. The predicted molar refractivity (Wildman–Crippen MR) is 125 cm³/mol. The summed E-state index contributed by atoms with van der Waals surface area (Å²) in [5.41, 5.74) is 5.31. The molecule has 1 fully saturated rings. The van der Waals surface area contributed by atoms with Crippen molar-refractivity contribution < 1.29 is 9.53 Å². The third kappa shape index (κ3) is 3.19. The van der Waals surface area contributed by atoms with Gasteiger partial charge in [-0.15, -0.1) is 11.3 Å². The molecule has 2 aliphatic heterocycles. The first kappa shape index (κ1) is 18.5. The van der Waals surface area contributed by atoms with E-state index in [1.54, 1.807) is 16.2 Å². The van der Waals surface area contributed by atoms with Crippen LogP contribution in [0.3, 0.4) is 0 Å². The maximum atomic E-state index is 12.7. The van der Waals surface area contributed by atoms with Crippen molar-refractivity contribution in [2.45, 2.75) is 6.42 Å². The van der Waals surface area contributed by atoms with E-state index in [9.17, 15) is 4.79 Å². The van der Waals surface area contributed by atoms with Crippen LogP contribution in [-0.4, -0.2) is 37.2 Å². The number of hydrogen-bond donors (Lipinski definition) is 0. The van der Waals surface area contributed by atoms with E-state index < -0.39 is 0 Å². The summed E-state index contributed by atoms with van der Waals surface area (Å²) in [5.74, 6) is 0.748. The molecule has 2 aromatic heterocycles. The van der Waals surface area contributed by atoms with E-state index >= 15 is 0 Å². The third-order valence-electron chi connectivity index (χ3n) is 6.00. The van der Waals surface area contributed by atoms with Gasteiger partial charge in [-0.05, 0) is 35.9 Å². The number of anilines is 3. The van der Waals surface area contributed by atoms with E-state index in [0.717, 1.165) is 48.5 Å². The topological polar surface area (TPSA) is 45.7 Å². The van der Waals surface area contributed by atoms with Crippen LogP contribution in [0.5, 0.6) is 0 Å². The third-order valence-corrected chi connectivity index (χ3v) is 6.95. The van der Waals surface area contributed by atoms with Crippen LogP contribution in [-0.2, 0) is 16.0 Å². The molecule has 0 saturated carbocycles. The Kier molecular flexibility index (Phi) is 4.47. The molecular formula is C25H21N3O2S. The first-order chi connectivity index (χ1) is 15.3. The molecule has 5 nitrogen and oxygen atoms in total. The molecule has 0 radical (unpaired) electrons. The van der Waals surface area contributed by atoms with Crippen molar-refractivity contribution in [2.24, 2.45) is 0 Å². The molecule has 4 aromatic rings. The number of carbonyl (C=O) groups is 1. The molecule has 0 bridgehead atoms. The number of morpholine rings is 1. The van der Waals surface area contributed by atoms with Gasteiger partial charge in [0.15, 0.2) is 0 Å². The van der Waals surface area contributed by atoms with Crippen LogP contribution in [0.25, 0.3) is 21.3 Å². The highest BCUT2D eigenvalue weighted by Gasteiger charge is 2.29. The largest absolute Gasteiger partial charge is 0.378 e. The maximum Gasteiger partial charge on any atom is 0.237 e. The van der Waals surface area contributed by atoms with Gasteiger partial charge in [0.25, 0.3) is 0 Å². The summed E-state index contributed by atoms with van der Waals surface area (Å²) in [5, 5.41) is 3.32. The summed E-state index contributed by atoms with van der Waals surface area (Å²) >= 11 is 1.76. The van der Waals surface area contributed by atoms with Crippen LogP contribution in [0.1, 0.15) is 5.56 Å². The van der Waals surface area contributed by atoms with Crippen LogP contribution < -0.4 is 9.80 Å². The number of hydrogen-bond acceptors (Lipinski definition) is 5. The molecule has 6 heteroatoms. The first-order valence-corrected chi connectivity index (χ1v) is 11.4. The average molecular weight is 428 g/mol. The van der Waals surface area contributed by atoms with Crippen LogP contribution >= 0.6 is 11.3 Å². The predicted octanol–water partition coefficient (Wildman–Crippen LogP) is 5.02. The molecular weight excluding hydrogens is 406 g/mol. The number of amides is 1. The summed E-state index contributed by atoms with van der Waals surface area (Å²) in [6.07, 6.45) is 0.426. The summed E-state index contributed by atoms with van der Waals surface area (Å²) < 4.78 is 5.48. The summed E-state index contributed by atoms with van der Waals surface area (Å²) in [4.78, 5) is 22.9. The van der Waals surface area contributed by atoms with Crippen LogP contribution in [0.4, 0.5) is 17.2 Å². The summed E-state index contributed by atoms with van der Waals surface area (Å²) in [7, 11) is 0. The lowest BCUT2D eigenvalue weighted by molar-refractivity contribution is -0.116. The molecule has 1 amide bonds. The molecule has 2 aliphatic rings. The van der Waals surface area contributed by atoms with Gasteiger partial charge in [0.2, 0.25) is 5.91 Å². The Hall–Kier alpha value is -3.22. The minimum Gasteiger partial charge on any atom is -0.378 e. The van der Waals surface area contributed by atoms with Gasteiger partial charge in [-0.2, -0.15) is 0 Å². The minimum absolute atomic E-state index is 0.0672. The van der Waals surface area contributed by atoms with Crippen LogP contribution in [0.15, 0.2) is 66.0 Å². The van der Waals surface area contributed by atoms with E-state index in [-0.39, 0.29) is 5.91 Å². The highest BCUT2D eigenvalue weighted by atomic mass is 32.1. The van der Waals surface area contributed by atoms with Crippen LogP contribution in [0, 0.1) is 0 Å². The SMILES string of the molecule is O=C1Cc2ccccc2N1c1ccc2c(-c3cc(N4CCOCC4)cs3)cccc2n1. The molecule has 0 unspecified atom stereocenters. The summed E-state index contributed by atoms with van der Waals surface area (Å²) in [6, 6.07) is 20.5. The van der Waals surface area contributed by atoms with Gasteiger partial charge < -0.3 is 9.64 Å². The highest BCUT2D eigenvalue weighted by Crippen LogP contribution is 2.38. The summed E-state index contributed by atoms with van der Waals surface area (Å²) in [6.45, 7) is 3.43. The molecule has 0 aliphatic carbocycles. The minimum atomic E-state index is 0.0672. The van der Waals surface area contributed by atoms with Gasteiger partial charge in [-0.25, -0.2) is 4.98 Å². The number of thiophene rings is 1. The zero-order valence-corrected chi connectivity index (χ0v) is 17.8. The van der Waals surface area contributed by atoms with E-state index in [1.807, 2.05) is 42.5 Å². The Balaban J connectivity index is 1.38. The van der Waals surface area contributed by atoms with Gasteiger partial charge in [0, 0.05) is 40.0 Å². The normalized spacial score (nSPS) is 16.2. The number of ether oxygens (including phenoxy) is 1. The fraction of sp³-hybridized carbons (Fsp3) is 0.200. The van der Waals surface area contributed by atoms with Crippen molar-refractivity contribution in [3.63, 3.8) is 0 Å². The first-order valence-electron chi connectivity index (χ1n) is 10.5. The monoisotopic (exact) mass is 427 g/mol. The number of pyridine rings is 1. The lowest BCUT2D eigenvalue weighted by Gasteiger charge is -2.27. The number of rotatable bonds is 3. The molecule has 2 aromatic carbocycles. The second kappa shape index (κ2) is 7.48. The van der Waals surface area contributed by atoms with Gasteiger partial charge in [-0.1, -0.05) is 30.3 Å². The number of nitrogens with zero attached hydrogens (tertiary/aromatic N) is 3.